The molecule has 1 aromatic carbocycles. The van der Waals surface area contributed by atoms with E-state index >= 15 is 0 Å². The van der Waals surface area contributed by atoms with Crippen LogP contribution < -0.4 is 0 Å². The van der Waals surface area contributed by atoms with Crippen LogP contribution in [-0.4, -0.2) is 23.6 Å². The molecule has 0 aliphatic carbocycles. The molecule has 0 aromatic heterocycles. The summed E-state index contributed by atoms with van der Waals surface area (Å²) >= 11 is 3.51. The summed E-state index contributed by atoms with van der Waals surface area (Å²) < 4.78 is 6.32. The summed E-state index contributed by atoms with van der Waals surface area (Å²) in [6.45, 7) is 8.14. The number of halogens is 1. The fraction of sp³-hybridized carbons (Fsp3) is 0.500. The number of aryl methyl sites for hydroxylation is 1. The van der Waals surface area contributed by atoms with Crippen molar-refractivity contribution in [1.29, 1.82) is 0 Å². The topological polar surface area (TPSA) is 29.5 Å². The summed E-state index contributed by atoms with van der Waals surface area (Å²) in [5, 5.41) is 0. The Morgan fingerprint density at radius 1 is 1.39 bits per heavy atom. The molecule has 1 rings (SSSR count). The lowest BCUT2D eigenvalue weighted by molar-refractivity contribution is 0.0285. The Labute approximate surface area is 117 Å². The predicted molar refractivity (Wildman–Crippen MR) is 76.6 cm³/mol. The van der Waals surface area contributed by atoms with Crippen molar-refractivity contribution in [2.24, 2.45) is 0 Å². The van der Waals surface area contributed by atoms with Gasteiger partial charge >= 0.3 is 6.09 Å². The molecule has 1 aromatic rings. The average molecular weight is 314 g/mol. The second-order valence-electron chi connectivity index (χ2n) is 5.43. The van der Waals surface area contributed by atoms with Crippen molar-refractivity contribution in [3.05, 3.63) is 33.8 Å². The minimum atomic E-state index is -0.462. The van der Waals surface area contributed by atoms with E-state index < -0.39 is 5.60 Å². The molecular weight excluding hydrogens is 294 g/mol. The number of amides is 1. The van der Waals surface area contributed by atoms with Gasteiger partial charge in [0, 0.05) is 18.1 Å². The summed E-state index contributed by atoms with van der Waals surface area (Å²) in [4.78, 5) is 13.4. The van der Waals surface area contributed by atoms with Crippen LogP contribution in [0.1, 0.15) is 31.9 Å². The molecule has 0 aliphatic rings. The van der Waals surface area contributed by atoms with Gasteiger partial charge in [0.05, 0.1) is 0 Å². The minimum Gasteiger partial charge on any atom is -0.444 e. The molecule has 0 N–H and O–H groups in total. The number of nitrogens with zero attached hydrogens (tertiary/aromatic N) is 1. The molecule has 0 fully saturated rings. The summed E-state index contributed by atoms with van der Waals surface area (Å²) in [6, 6.07) is 6.08. The highest BCUT2D eigenvalue weighted by Crippen LogP contribution is 2.20. The number of benzene rings is 1. The van der Waals surface area contributed by atoms with Crippen LogP contribution in [0.15, 0.2) is 22.7 Å². The maximum absolute atomic E-state index is 11.8. The zero-order valence-electron chi connectivity index (χ0n) is 11.6. The van der Waals surface area contributed by atoms with Crippen LogP contribution in [0.2, 0.25) is 0 Å². The number of hydrogen-bond acceptors (Lipinski definition) is 2. The largest absolute Gasteiger partial charge is 0.444 e. The first kappa shape index (κ1) is 15.0. The van der Waals surface area contributed by atoms with Gasteiger partial charge in [0.2, 0.25) is 0 Å². The Morgan fingerprint density at radius 2 is 2.00 bits per heavy atom. The SMILES string of the molecule is Cc1ccc(CN(C)C(=O)OC(C)(C)C)c(Br)c1. The van der Waals surface area contributed by atoms with Crippen molar-refractivity contribution < 1.29 is 9.53 Å². The molecule has 0 radical (unpaired) electrons. The first-order valence-corrected chi connectivity index (χ1v) is 6.67. The van der Waals surface area contributed by atoms with E-state index in [1.807, 2.05) is 45.9 Å². The van der Waals surface area contributed by atoms with Crippen molar-refractivity contribution in [1.82, 2.24) is 4.90 Å². The molecule has 1 amide bonds. The second-order valence-corrected chi connectivity index (χ2v) is 6.29. The van der Waals surface area contributed by atoms with Crippen LogP contribution in [0.25, 0.3) is 0 Å². The summed E-state index contributed by atoms with van der Waals surface area (Å²) in [6.07, 6.45) is -0.310. The number of carbonyl (C=O) groups excluding carboxylic acids is 1. The van der Waals surface area contributed by atoms with Crippen molar-refractivity contribution in [3.63, 3.8) is 0 Å². The molecule has 0 saturated carbocycles. The molecule has 0 spiro atoms. The van der Waals surface area contributed by atoms with Gasteiger partial charge in [-0.2, -0.15) is 0 Å². The molecule has 0 heterocycles. The molecule has 0 unspecified atom stereocenters. The van der Waals surface area contributed by atoms with Gasteiger partial charge in [0.25, 0.3) is 0 Å². The summed E-state index contributed by atoms with van der Waals surface area (Å²) in [7, 11) is 1.74. The van der Waals surface area contributed by atoms with Crippen molar-refractivity contribution in [2.45, 2.75) is 39.8 Å². The zero-order valence-corrected chi connectivity index (χ0v) is 13.2. The molecule has 0 aliphatic heterocycles. The van der Waals surface area contributed by atoms with E-state index in [0.29, 0.717) is 6.54 Å². The highest BCUT2D eigenvalue weighted by atomic mass is 79.9. The lowest BCUT2D eigenvalue weighted by Gasteiger charge is -2.25. The number of hydrogen-bond donors (Lipinski definition) is 0. The third-order valence-corrected chi connectivity index (χ3v) is 3.06. The van der Waals surface area contributed by atoms with Crippen molar-refractivity contribution in [3.8, 4) is 0 Å². The fourth-order valence-corrected chi connectivity index (χ4v) is 2.06. The first-order chi connectivity index (χ1) is 8.19. The van der Waals surface area contributed by atoms with E-state index in [9.17, 15) is 4.79 Å². The standard InChI is InChI=1S/C14H20BrNO2/c1-10-6-7-11(12(15)8-10)9-16(5)13(17)18-14(2,3)4/h6-8H,9H2,1-5H3. The van der Waals surface area contributed by atoms with Crippen LogP contribution >= 0.6 is 15.9 Å². The molecule has 18 heavy (non-hydrogen) atoms. The molecule has 4 heteroatoms. The van der Waals surface area contributed by atoms with Gasteiger partial charge in [-0.3, -0.25) is 0 Å². The molecule has 3 nitrogen and oxygen atoms in total. The van der Waals surface area contributed by atoms with Gasteiger partial charge in [-0.25, -0.2) is 4.79 Å². The van der Waals surface area contributed by atoms with Crippen LogP contribution in [0, 0.1) is 6.92 Å². The number of carbonyl (C=O) groups is 1. The van der Waals surface area contributed by atoms with Gasteiger partial charge in [-0.05, 0) is 44.9 Å². The van der Waals surface area contributed by atoms with E-state index in [0.717, 1.165) is 10.0 Å². The Hall–Kier alpha value is -1.03. The normalized spacial score (nSPS) is 11.2. The quantitative estimate of drug-likeness (QED) is 0.821. The van der Waals surface area contributed by atoms with Gasteiger partial charge in [0.15, 0.2) is 0 Å². The van der Waals surface area contributed by atoms with Gasteiger partial charge < -0.3 is 9.64 Å². The lowest BCUT2D eigenvalue weighted by atomic mass is 10.1. The summed E-state index contributed by atoms with van der Waals surface area (Å²) in [5.41, 5.74) is 1.79. The highest BCUT2D eigenvalue weighted by Gasteiger charge is 2.20. The Morgan fingerprint density at radius 3 is 2.50 bits per heavy atom. The van der Waals surface area contributed by atoms with E-state index in [1.165, 1.54) is 5.56 Å². The zero-order chi connectivity index (χ0) is 13.9. The van der Waals surface area contributed by atoms with E-state index in [4.69, 9.17) is 4.74 Å². The molecular formula is C14H20BrNO2. The van der Waals surface area contributed by atoms with Gasteiger partial charge in [-0.15, -0.1) is 0 Å². The maximum Gasteiger partial charge on any atom is 0.410 e. The minimum absolute atomic E-state index is 0.310. The monoisotopic (exact) mass is 313 g/mol. The fourth-order valence-electron chi connectivity index (χ4n) is 1.44. The molecule has 0 bridgehead atoms. The van der Waals surface area contributed by atoms with Gasteiger partial charge in [-0.1, -0.05) is 28.1 Å². The van der Waals surface area contributed by atoms with Crippen LogP contribution in [0.4, 0.5) is 4.79 Å². The lowest BCUT2D eigenvalue weighted by Crippen LogP contribution is -2.33. The highest BCUT2D eigenvalue weighted by molar-refractivity contribution is 9.10. The third-order valence-electron chi connectivity index (χ3n) is 2.32. The van der Waals surface area contributed by atoms with E-state index in [-0.39, 0.29) is 6.09 Å². The molecule has 0 saturated heterocycles. The van der Waals surface area contributed by atoms with Crippen molar-refractivity contribution >= 4 is 22.0 Å². The van der Waals surface area contributed by atoms with Gasteiger partial charge in [0.1, 0.15) is 5.60 Å². The average Bonchev–Trinajstić information content (AvgIpc) is 2.19. The van der Waals surface area contributed by atoms with Crippen LogP contribution in [0.5, 0.6) is 0 Å². The number of ether oxygens (including phenoxy) is 1. The van der Waals surface area contributed by atoms with Crippen molar-refractivity contribution in [2.75, 3.05) is 7.05 Å². The first-order valence-electron chi connectivity index (χ1n) is 5.88. The molecule has 0 atom stereocenters. The predicted octanol–water partition coefficient (Wildman–Crippen LogP) is 4.12. The van der Waals surface area contributed by atoms with E-state index in [1.54, 1.807) is 11.9 Å². The third kappa shape index (κ3) is 4.69. The summed E-state index contributed by atoms with van der Waals surface area (Å²) in [5.74, 6) is 0. The Bertz CT molecular complexity index is 438. The second kappa shape index (κ2) is 5.74. The van der Waals surface area contributed by atoms with Crippen LogP contribution in [0.3, 0.4) is 0 Å². The molecule has 100 valence electrons. The number of rotatable bonds is 2. The smallest absolute Gasteiger partial charge is 0.410 e. The van der Waals surface area contributed by atoms with Crippen LogP contribution in [-0.2, 0) is 11.3 Å². The van der Waals surface area contributed by atoms with E-state index in [2.05, 4.69) is 15.9 Å². The Kier molecular flexibility index (Phi) is 4.79. The maximum atomic E-state index is 11.8. The Balaban J connectivity index is 2.69.